The first kappa shape index (κ1) is 16.3. The summed E-state index contributed by atoms with van der Waals surface area (Å²) in [7, 11) is 3.56. The molecule has 0 atom stereocenters. The van der Waals surface area contributed by atoms with Gasteiger partial charge >= 0.3 is 0 Å². The van der Waals surface area contributed by atoms with E-state index in [9.17, 15) is 4.79 Å². The fourth-order valence-corrected chi connectivity index (χ4v) is 3.05. The summed E-state index contributed by atoms with van der Waals surface area (Å²) in [5, 5.41) is 16.5. The number of nitrogens with zero attached hydrogens (tertiary/aromatic N) is 5. The number of carbonyl (C=O) groups excluding carboxylic acids is 1. The predicted octanol–water partition coefficient (Wildman–Crippen LogP) is 3.27. The van der Waals surface area contributed by atoms with E-state index in [0.29, 0.717) is 22.2 Å². The highest BCUT2D eigenvalue weighted by Crippen LogP contribution is 2.24. The van der Waals surface area contributed by atoms with Crippen LogP contribution in [0.5, 0.6) is 0 Å². The van der Waals surface area contributed by atoms with Crippen molar-refractivity contribution in [2.45, 2.75) is 0 Å². The standard InChI is InChI=1S/C18H15ClN6O/c1-24-15-7-6-13(19)8-12(15)10-16(24)18(26)20-14-5-3-4-11(9-14)17-21-23-25(2)22-17/h3-10H,1-2H3,(H,20,26). The first-order valence-corrected chi connectivity index (χ1v) is 8.30. The van der Waals surface area contributed by atoms with Crippen molar-refractivity contribution in [2.24, 2.45) is 14.1 Å². The molecule has 4 rings (SSSR count). The Morgan fingerprint density at radius 1 is 1.12 bits per heavy atom. The van der Waals surface area contributed by atoms with E-state index in [-0.39, 0.29) is 5.91 Å². The van der Waals surface area contributed by atoms with Crippen molar-refractivity contribution < 1.29 is 4.79 Å². The lowest BCUT2D eigenvalue weighted by molar-refractivity contribution is 0.102. The number of benzene rings is 2. The first-order chi connectivity index (χ1) is 12.5. The average Bonchev–Trinajstić information content (AvgIpc) is 3.19. The second kappa shape index (κ2) is 6.27. The van der Waals surface area contributed by atoms with Crippen molar-refractivity contribution in [3.8, 4) is 11.4 Å². The van der Waals surface area contributed by atoms with Gasteiger partial charge in [0.1, 0.15) is 5.69 Å². The van der Waals surface area contributed by atoms with Crippen LogP contribution in [0.1, 0.15) is 10.5 Å². The van der Waals surface area contributed by atoms with E-state index in [2.05, 4.69) is 20.7 Å². The van der Waals surface area contributed by atoms with Crippen LogP contribution in [0.3, 0.4) is 0 Å². The summed E-state index contributed by atoms with van der Waals surface area (Å²) in [5.74, 6) is 0.298. The Morgan fingerprint density at radius 3 is 2.73 bits per heavy atom. The molecule has 8 heteroatoms. The molecule has 0 unspecified atom stereocenters. The van der Waals surface area contributed by atoms with E-state index in [1.165, 1.54) is 4.80 Å². The van der Waals surface area contributed by atoms with Crippen LogP contribution in [-0.2, 0) is 14.1 Å². The quantitative estimate of drug-likeness (QED) is 0.603. The van der Waals surface area contributed by atoms with E-state index in [0.717, 1.165) is 16.5 Å². The van der Waals surface area contributed by atoms with Crippen molar-refractivity contribution in [2.75, 3.05) is 5.32 Å². The van der Waals surface area contributed by atoms with E-state index in [4.69, 9.17) is 11.6 Å². The van der Waals surface area contributed by atoms with Crippen molar-refractivity contribution in [1.29, 1.82) is 0 Å². The fourth-order valence-electron chi connectivity index (χ4n) is 2.87. The molecule has 0 saturated heterocycles. The SMILES string of the molecule is Cn1nnc(-c2cccc(NC(=O)c3cc4cc(Cl)ccc4n3C)c2)n1. The zero-order valence-corrected chi connectivity index (χ0v) is 14.9. The maximum absolute atomic E-state index is 12.7. The summed E-state index contributed by atoms with van der Waals surface area (Å²) < 4.78 is 1.84. The molecule has 0 aliphatic heterocycles. The molecule has 0 spiro atoms. The van der Waals surface area contributed by atoms with Gasteiger partial charge in [0, 0.05) is 34.2 Å². The molecule has 2 aromatic carbocycles. The van der Waals surface area contributed by atoms with Crippen molar-refractivity contribution in [1.82, 2.24) is 24.8 Å². The topological polar surface area (TPSA) is 77.6 Å². The summed E-state index contributed by atoms with van der Waals surface area (Å²) >= 11 is 6.04. The molecule has 2 heterocycles. The number of hydrogen-bond donors (Lipinski definition) is 1. The zero-order valence-electron chi connectivity index (χ0n) is 14.1. The van der Waals surface area contributed by atoms with Crippen LogP contribution in [0, 0.1) is 0 Å². The molecule has 1 amide bonds. The highest BCUT2D eigenvalue weighted by atomic mass is 35.5. The van der Waals surface area contributed by atoms with Gasteiger partial charge in [-0.15, -0.1) is 10.2 Å². The molecule has 0 radical (unpaired) electrons. The minimum atomic E-state index is -0.205. The molecule has 0 fully saturated rings. The summed E-state index contributed by atoms with van der Waals surface area (Å²) in [4.78, 5) is 14.1. The van der Waals surface area contributed by atoms with Crippen LogP contribution >= 0.6 is 11.6 Å². The van der Waals surface area contributed by atoms with E-state index >= 15 is 0 Å². The van der Waals surface area contributed by atoms with Gasteiger partial charge in [0.15, 0.2) is 0 Å². The van der Waals surface area contributed by atoms with Gasteiger partial charge in [-0.1, -0.05) is 23.7 Å². The Balaban J connectivity index is 1.63. The summed E-state index contributed by atoms with van der Waals surface area (Å²) in [5.41, 5.74) is 2.92. The molecule has 7 nitrogen and oxygen atoms in total. The summed E-state index contributed by atoms with van der Waals surface area (Å²) in [6.07, 6.45) is 0. The fraction of sp³-hybridized carbons (Fsp3) is 0.111. The number of aryl methyl sites for hydroxylation is 2. The largest absolute Gasteiger partial charge is 0.340 e. The van der Waals surface area contributed by atoms with Gasteiger partial charge in [-0.2, -0.15) is 4.80 Å². The minimum Gasteiger partial charge on any atom is -0.340 e. The summed E-state index contributed by atoms with van der Waals surface area (Å²) in [6.45, 7) is 0. The number of tetrazole rings is 1. The molecule has 0 saturated carbocycles. The van der Waals surface area contributed by atoms with Crippen LogP contribution in [0.25, 0.3) is 22.3 Å². The van der Waals surface area contributed by atoms with Gasteiger partial charge in [-0.3, -0.25) is 4.79 Å². The van der Waals surface area contributed by atoms with Crippen molar-refractivity contribution >= 4 is 34.1 Å². The Labute approximate surface area is 154 Å². The van der Waals surface area contributed by atoms with Crippen LogP contribution in [0.15, 0.2) is 48.5 Å². The maximum atomic E-state index is 12.7. The molecule has 0 aliphatic carbocycles. The molecule has 130 valence electrons. The number of fused-ring (bicyclic) bond motifs is 1. The third-order valence-corrected chi connectivity index (χ3v) is 4.36. The Morgan fingerprint density at radius 2 is 1.96 bits per heavy atom. The highest BCUT2D eigenvalue weighted by molar-refractivity contribution is 6.31. The number of aromatic nitrogens is 5. The molecule has 0 bridgehead atoms. The number of nitrogens with one attached hydrogen (secondary N) is 1. The van der Waals surface area contributed by atoms with Crippen LogP contribution in [0.4, 0.5) is 5.69 Å². The zero-order chi connectivity index (χ0) is 18.3. The Kier molecular flexibility index (Phi) is 3.93. The van der Waals surface area contributed by atoms with E-state index in [1.807, 2.05) is 60.1 Å². The maximum Gasteiger partial charge on any atom is 0.272 e. The smallest absolute Gasteiger partial charge is 0.272 e. The van der Waals surface area contributed by atoms with Crippen LogP contribution in [-0.4, -0.2) is 30.7 Å². The van der Waals surface area contributed by atoms with Gasteiger partial charge in [-0.25, -0.2) is 0 Å². The van der Waals surface area contributed by atoms with Crippen molar-refractivity contribution in [3.05, 3.63) is 59.2 Å². The molecule has 1 N–H and O–H groups in total. The number of rotatable bonds is 3. The van der Waals surface area contributed by atoms with E-state index < -0.39 is 0 Å². The molecule has 4 aromatic rings. The second-order valence-electron chi connectivity index (χ2n) is 5.93. The third kappa shape index (κ3) is 2.93. The molecule has 0 aliphatic rings. The lowest BCUT2D eigenvalue weighted by Crippen LogP contribution is -2.15. The molecular weight excluding hydrogens is 352 g/mol. The van der Waals surface area contributed by atoms with Gasteiger partial charge in [0.2, 0.25) is 5.82 Å². The highest BCUT2D eigenvalue weighted by Gasteiger charge is 2.14. The number of hydrogen-bond acceptors (Lipinski definition) is 4. The number of amides is 1. The lowest BCUT2D eigenvalue weighted by atomic mass is 10.2. The molecule has 26 heavy (non-hydrogen) atoms. The second-order valence-corrected chi connectivity index (χ2v) is 6.37. The van der Waals surface area contributed by atoms with Gasteiger partial charge < -0.3 is 9.88 Å². The van der Waals surface area contributed by atoms with E-state index in [1.54, 1.807) is 7.05 Å². The minimum absolute atomic E-state index is 0.205. The lowest BCUT2D eigenvalue weighted by Gasteiger charge is -2.07. The Bertz CT molecular complexity index is 1130. The predicted molar refractivity (Wildman–Crippen MR) is 100 cm³/mol. The molecular formula is C18H15ClN6O. The molecule has 2 aromatic heterocycles. The third-order valence-electron chi connectivity index (χ3n) is 4.12. The van der Waals surface area contributed by atoms with Crippen LogP contribution < -0.4 is 5.32 Å². The summed E-state index contributed by atoms with van der Waals surface area (Å²) in [6, 6.07) is 14.7. The van der Waals surface area contributed by atoms with Crippen molar-refractivity contribution in [3.63, 3.8) is 0 Å². The first-order valence-electron chi connectivity index (χ1n) is 7.92. The Hall–Kier alpha value is -3.19. The van der Waals surface area contributed by atoms with Gasteiger partial charge in [0.25, 0.3) is 5.91 Å². The average molecular weight is 367 g/mol. The number of halogens is 1. The monoisotopic (exact) mass is 366 g/mol. The number of carbonyl (C=O) groups is 1. The normalized spacial score (nSPS) is 11.0. The van der Waals surface area contributed by atoms with Gasteiger partial charge in [0.05, 0.1) is 7.05 Å². The van der Waals surface area contributed by atoms with Gasteiger partial charge in [-0.05, 0) is 41.6 Å². The number of anilines is 1. The van der Waals surface area contributed by atoms with Crippen LogP contribution in [0.2, 0.25) is 5.02 Å².